The van der Waals surface area contributed by atoms with Crippen LogP contribution < -0.4 is 25.0 Å². The van der Waals surface area contributed by atoms with Crippen molar-refractivity contribution in [3.05, 3.63) is 112 Å². The number of rotatable bonds is 14. The average Bonchev–Trinajstić information content (AvgIpc) is 3.43. The summed E-state index contributed by atoms with van der Waals surface area (Å²) < 4.78 is 40.9. The van der Waals surface area contributed by atoms with E-state index in [9.17, 15) is 23.3 Å². The van der Waals surface area contributed by atoms with Gasteiger partial charge >= 0.3 is 0 Å². The number of piperazine rings is 1. The molecule has 8 rings (SSSR count). The molecule has 4 fully saturated rings. The normalized spacial score (nSPS) is 21.5. The summed E-state index contributed by atoms with van der Waals surface area (Å²) in [6.45, 7) is 5.76. The second-order valence-electron chi connectivity index (χ2n) is 16.2. The molecule has 59 heavy (non-hydrogen) atoms. The maximum atomic E-state index is 13.8. The van der Waals surface area contributed by atoms with E-state index in [1.54, 1.807) is 30.3 Å². The Labute approximate surface area is 346 Å². The number of ether oxygens (including phenoxy) is 2. The number of nitrogens with one attached hydrogen (secondary N) is 3. The van der Waals surface area contributed by atoms with Crippen LogP contribution in [0.15, 0.2) is 95.9 Å². The predicted octanol–water partition coefficient (Wildman–Crippen LogP) is 6.70. The molecule has 15 heteroatoms. The van der Waals surface area contributed by atoms with Gasteiger partial charge < -0.3 is 29.9 Å². The topological polar surface area (TPSA) is 159 Å². The fraction of sp³-hybridized carbons (Fsp3) is 0.432. The van der Waals surface area contributed by atoms with E-state index in [1.807, 2.05) is 18.2 Å². The number of benzene rings is 4. The van der Waals surface area contributed by atoms with Crippen LogP contribution in [-0.2, 0) is 21.3 Å². The van der Waals surface area contributed by atoms with Gasteiger partial charge in [0.15, 0.2) is 0 Å². The van der Waals surface area contributed by atoms with Crippen molar-refractivity contribution in [1.82, 2.24) is 14.5 Å². The molecular formula is C44H53N7O7S. The smallest absolute Gasteiger partial charge is 0.293 e. The van der Waals surface area contributed by atoms with Crippen LogP contribution in [-0.4, -0.2) is 100 Å². The summed E-state index contributed by atoms with van der Waals surface area (Å²) in [6, 6.07) is 28.2. The lowest BCUT2D eigenvalue weighted by atomic mass is 9.97. The lowest BCUT2D eigenvalue weighted by molar-refractivity contribution is -0.384. The van der Waals surface area contributed by atoms with E-state index in [-0.39, 0.29) is 22.9 Å². The first-order valence-corrected chi connectivity index (χ1v) is 22.2. The summed E-state index contributed by atoms with van der Waals surface area (Å²) in [7, 11) is -2.24. The number of hydrogen-bond donors (Lipinski definition) is 3. The van der Waals surface area contributed by atoms with E-state index in [0.717, 1.165) is 57.3 Å². The largest absolute Gasteiger partial charge is 0.456 e. The summed E-state index contributed by atoms with van der Waals surface area (Å²) in [5.41, 5.74) is 3.17. The first kappa shape index (κ1) is 40.6. The van der Waals surface area contributed by atoms with Crippen LogP contribution in [0, 0.1) is 16.0 Å². The number of sulfonamides is 1. The van der Waals surface area contributed by atoms with Gasteiger partial charge in [0.25, 0.3) is 21.6 Å². The number of nitro benzene ring substituents is 1. The van der Waals surface area contributed by atoms with Crippen LogP contribution >= 0.6 is 0 Å². The lowest BCUT2D eigenvalue weighted by Crippen LogP contribution is -2.46. The van der Waals surface area contributed by atoms with Crippen LogP contribution in [0.2, 0.25) is 0 Å². The Morgan fingerprint density at radius 3 is 2.31 bits per heavy atom. The molecule has 4 saturated heterocycles. The van der Waals surface area contributed by atoms with Crippen molar-refractivity contribution in [1.29, 1.82) is 0 Å². The molecule has 0 saturated carbocycles. The van der Waals surface area contributed by atoms with Crippen LogP contribution in [0.3, 0.4) is 0 Å². The molecule has 0 radical (unpaired) electrons. The van der Waals surface area contributed by atoms with Crippen molar-refractivity contribution < 1.29 is 27.6 Å². The van der Waals surface area contributed by atoms with Gasteiger partial charge in [0.05, 0.1) is 15.4 Å². The van der Waals surface area contributed by atoms with Gasteiger partial charge in [-0.2, -0.15) is 0 Å². The number of hydrogen-bond acceptors (Lipinski definition) is 12. The molecule has 0 aromatic heterocycles. The Hall–Kier alpha value is -5.22. The third-order valence-corrected chi connectivity index (χ3v) is 13.7. The molecule has 1 unspecified atom stereocenters. The monoisotopic (exact) mass is 823 g/mol. The number of fused-ring (bicyclic) bond motifs is 2. The number of anilines is 3. The van der Waals surface area contributed by atoms with Crippen molar-refractivity contribution in [2.24, 2.45) is 5.92 Å². The quantitative estimate of drug-likeness (QED) is 0.0914. The van der Waals surface area contributed by atoms with Crippen molar-refractivity contribution in [2.75, 3.05) is 68.5 Å². The Balaban J connectivity index is 0.938. The molecule has 4 heterocycles. The molecular weight excluding hydrogens is 771 g/mol. The van der Waals surface area contributed by atoms with Gasteiger partial charge in [-0.1, -0.05) is 36.4 Å². The van der Waals surface area contributed by atoms with E-state index >= 15 is 0 Å². The molecule has 4 aromatic carbocycles. The standard InChI is InChI=1S/C44H53N7O7S/c1-48-34-11-12-35(48)26-33(25-34)46-40-10-6-5-7-32(40)30-49-19-21-50(22-20-49)36-13-15-39(43(27-36)58-37-8-3-2-4-9-37)44(52)47-59(55,56)38-14-16-41(42(28-38)51(53)54)45-29-31-17-23-57-24-18-31/h2-10,13-16,27-28,31,33-35,45-46H,11-12,17-26,29-30H2,1H3,(H,47,52)/t33?,34-,35+. The minimum atomic E-state index is -4.51. The fourth-order valence-electron chi connectivity index (χ4n) is 8.97. The molecule has 0 spiro atoms. The second kappa shape index (κ2) is 18.0. The lowest BCUT2D eigenvalue weighted by Gasteiger charge is -2.38. The van der Waals surface area contributed by atoms with Crippen LogP contribution in [0.1, 0.15) is 54.4 Å². The van der Waals surface area contributed by atoms with E-state index in [1.165, 1.54) is 49.1 Å². The Kier molecular flexibility index (Phi) is 12.3. The highest BCUT2D eigenvalue weighted by atomic mass is 32.2. The SMILES string of the molecule is CN1[C@@H]2CC[C@H]1CC(Nc1ccccc1CN1CCN(c3ccc(C(=O)NS(=O)(=O)c4ccc(NCC5CCOCC5)c([N+](=O)[O-])c4)c(Oc4ccccc4)c3)CC1)C2. The Morgan fingerprint density at radius 2 is 1.58 bits per heavy atom. The molecule has 1 amide bonds. The second-order valence-corrected chi connectivity index (χ2v) is 17.9. The van der Waals surface area contributed by atoms with Crippen molar-refractivity contribution in [3.63, 3.8) is 0 Å². The van der Waals surface area contributed by atoms with E-state index < -0.39 is 31.4 Å². The summed E-state index contributed by atoms with van der Waals surface area (Å²) >= 11 is 0. The summed E-state index contributed by atoms with van der Waals surface area (Å²) in [5.74, 6) is 0.0293. The predicted molar refractivity (Wildman–Crippen MR) is 228 cm³/mol. The fourth-order valence-corrected chi connectivity index (χ4v) is 9.95. The number of piperidine rings is 1. The van der Waals surface area contributed by atoms with E-state index in [0.29, 0.717) is 43.6 Å². The summed E-state index contributed by atoms with van der Waals surface area (Å²) in [6.07, 6.45) is 6.62. The summed E-state index contributed by atoms with van der Waals surface area (Å²) in [5, 5.41) is 19.0. The number of nitrogens with zero attached hydrogens (tertiary/aromatic N) is 4. The van der Waals surface area contributed by atoms with Gasteiger partial charge in [-0.15, -0.1) is 0 Å². The molecule has 3 atom stereocenters. The van der Waals surface area contributed by atoms with Gasteiger partial charge in [0, 0.05) is 94.1 Å². The Morgan fingerprint density at radius 1 is 0.864 bits per heavy atom. The molecule has 3 N–H and O–H groups in total. The molecule has 4 aliphatic heterocycles. The first-order valence-electron chi connectivity index (χ1n) is 20.7. The van der Waals surface area contributed by atoms with Crippen LogP contribution in [0.5, 0.6) is 11.5 Å². The highest BCUT2D eigenvalue weighted by Crippen LogP contribution is 2.37. The van der Waals surface area contributed by atoms with Gasteiger partial charge in [0.2, 0.25) is 0 Å². The molecule has 312 valence electrons. The third-order valence-electron chi connectivity index (χ3n) is 12.4. The van der Waals surface area contributed by atoms with Crippen molar-refractivity contribution in [3.8, 4) is 11.5 Å². The summed E-state index contributed by atoms with van der Waals surface area (Å²) in [4.78, 5) is 32.0. The van der Waals surface area contributed by atoms with E-state index in [2.05, 4.69) is 61.4 Å². The zero-order chi connectivity index (χ0) is 40.9. The molecule has 4 aromatic rings. The van der Waals surface area contributed by atoms with Gasteiger partial charge in [-0.3, -0.25) is 19.8 Å². The molecule has 2 bridgehead atoms. The van der Waals surface area contributed by atoms with Gasteiger partial charge in [-0.25, -0.2) is 13.1 Å². The average molecular weight is 824 g/mol. The number of nitro groups is 1. The van der Waals surface area contributed by atoms with Crippen molar-refractivity contribution in [2.45, 2.75) is 68.1 Å². The van der Waals surface area contributed by atoms with Crippen LogP contribution in [0.25, 0.3) is 0 Å². The zero-order valence-electron chi connectivity index (χ0n) is 33.4. The zero-order valence-corrected chi connectivity index (χ0v) is 34.2. The first-order chi connectivity index (χ1) is 28.6. The van der Waals surface area contributed by atoms with Crippen molar-refractivity contribution >= 4 is 38.7 Å². The number of amides is 1. The number of carbonyl (C=O) groups is 1. The van der Waals surface area contributed by atoms with Crippen LogP contribution in [0.4, 0.5) is 22.7 Å². The number of carbonyl (C=O) groups excluding carboxylic acids is 1. The molecule has 14 nitrogen and oxygen atoms in total. The minimum Gasteiger partial charge on any atom is -0.456 e. The van der Waals surface area contributed by atoms with Gasteiger partial charge in [-0.05, 0) is 99.5 Å². The van der Waals surface area contributed by atoms with Gasteiger partial charge in [0.1, 0.15) is 17.2 Å². The van der Waals surface area contributed by atoms with E-state index in [4.69, 9.17) is 9.47 Å². The molecule has 4 aliphatic rings. The highest BCUT2D eigenvalue weighted by molar-refractivity contribution is 7.90. The highest BCUT2D eigenvalue weighted by Gasteiger charge is 2.38. The third kappa shape index (κ3) is 9.65. The molecule has 0 aliphatic carbocycles. The Bertz CT molecular complexity index is 2220. The number of para-hydroxylation sites is 2. The maximum absolute atomic E-state index is 13.8. The minimum absolute atomic E-state index is 0.00536. The maximum Gasteiger partial charge on any atom is 0.293 e.